The second kappa shape index (κ2) is 5.37. The van der Waals surface area contributed by atoms with Crippen LogP contribution in [0.25, 0.3) is 0 Å². The first-order valence-electron chi connectivity index (χ1n) is 7.05. The third-order valence-electron chi connectivity index (χ3n) is 4.17. The molecule has 0 bridgehead atoms. The second-order valence-electron chi connectivity index (χ2n) is 5.33. The maximum Gasteiger partial charge on any atom is 0.121 e. The van der Waals surface area contributed by atoms with E-state index >= 15 is 0 Å². The van der Waals surface area contributed by atoms with Crippen LogP contribution in [0.4, 0.5) is 0 Å². The van der Waals surface area contributed by atoms with Gasteiger partial charge in [0.15, 0.2) is 0 Å². The van der Waals surface area contributed by atoms with Crippen molar-refractivity contribution in [2.45, 2.75) is 18.1 Å². The van der Waals surface area contributed by atoms with E-state index in [0.29, 0.717) is 0 Å². The maximum absolute atomic E-state index is 11.2. The Kier molecular flexibility index (Phi) is 3.57. The van der Waals surface area contributed by atoms with Crippen LogP contribution in [0.15, 0.2) is 54.6 Å². The van der Waals surface area contributed by atoms with Gasteiger partial charge in [-0.25, -0.2) is 0 Å². The number of rotatable bonds is 3. The summed E-state index contributed by atoms with van der Waals surface area (Å²) in [5.41, 5.74) is 8.15. The van der Waals surface area contributed by atoms with Crippen LogP contribution in [0.2, 0.25) is 0 Å². The van der Waals surface area contributed by atoms with Crippen molar-refractivity contribution in [3.8, 4) is 0 Å². The molecule has 2 atom stereocenters. The van der Waals surface area contributed by atoms with Gasteiger partial charge in [0, 0.05) is 6.54 Å². The zero-order chi connectivity index (χ0) is 14.0. The van der Waals surface area contributed by atoms with Gasteiger partial charge in [-0.15, -0.1) is 0 Å². The van der Waals surface area contributed by atoms with Crippen molar-refractivity contribution in [2.75, 3.05) is 13.1 Å². The van der Waals surface area contributed by atoms with Crippen LogP contribution in [0.1, 0.15) is 22.7 Å². The Morgan fingerprint density at radius 3 is 2.55 bits per heavy atom. The number of fused-ring (bicyclic) bond motifs is 1. The third-order valence-corrected chi connectivity index (χ3v) is 4.17. The lowest BCUT2D eigenvalue weighted by Crippen LogP contribution is -2.49. The predicted octanol–water partition coefficient (Wildman–Crippen LogP) is 1.72. The Labute approximate surface area is 119 Å². The molecule has 0 aliphatic carbocycles. The van der Waals surface area contributed by atoms with E-state index in [1.165, 1.54) is 5.56 Å². The lowest BCUT2D eigenvalue weighted by atomic mass is 9.79. The summed E-state index contributed by atoms with van der Waals surface area (Å²) in [6.45, 7) is 1.04. The summed E-state index contributed by atoms with van der Waals surface area (Å²) in [6, 6.07) is 17.8. The largest absolute Gasteiger partial charge is 0.382 e. The van der Waals surface area contributed by atoms with Gasteiger partial charge >= 0.3 is 0 Å². The molecule has 3 rings (SSSR count). The first-order valence-corrected chi connectivity index (χ1v) is 7.05. The van der Waals surface area contributed by atoms with Crippen molar-refractivity contribution in [3.05, 3.63) is 71.3 Å². The fourth-order valence-electron chi connectivity index (χ4n) is 3.06. The highest BCUT2D eigenvalue weighted by Gasteiger charge is 2.40. The summed E-state index contributed by atoms with van der Waals surface area (Å²) in [5, 5.41) is 14.6. The summed E-state index contributed by atoms with van der Waals surface area (Å²) in [5.74, 6) is 0. The monoisotopic (exact) mass is 268 g/mol. The number of hydrogen-bond donors (Lipinski definition) is 3. The number of benzene rings is 2. The third kappa shape index (κ3) is 2.14. The fraction of sp³-hybridized carbons (Fsp3) is 0.294. The van der Waals surface area contributed by atoms with Crippen molar-refractivity contribution < 1.29 is 5.11 Å². The van der Waals surface area contributed by atoms with Gasteiger partial charge in [0.1, 0.15) is 5.60 Å². The minimum atomic E-state index is -1.09. The molecule has 0 radical (unpaired) electrons. The summed E-state index contributed by atoms with van der Waals surface area (Å²) < 4.78 is 0. The molecule has 104 valence electrons. The zero-order valence-corrected chi connectivity index (χ0v) is 11.4. The smallest absolute Gasteiger partial charge is 0.121 e. The minimum absolute atomic E-state index is 0.167. The minimum Gasteiger partial charge on any atom is -0.382 e. The molecule has 1 heterocycles. The van der Waals surface area contributed by atoms with Gasteiger partial charge in [0.25, 0.3) is 0 Å². The maximum atomic E-state index is 11.2. The summed E-state index contributed by atoms with van der Waals surface area (Å²) in [7, 11) is 0. The van der Waals surface area contributed by atoms with Crippen LogP contribution in [-0.2, 0) is 12.0 Å². The van der Waals surface area contributed by atoms with E-state index in [2.05, 4.69) is 17.4 Å². The highest BCUT2D eigenvalue weighted by Crippen LogP contribution is 2.37. The first-order chi connectivity index (χ1) is 9.75. The van der Waals surface area contributed by atoms with Crippen LogP contribution in [0.5, 0.6) is 0 Å². The Balaban J connectivity index is 2.07. The Hall–Kier alpha value is -1.68. The molecule has 0 fully saturated rings. The first kappa shape index (κ1) is 13.3. The van der Waals surface area contributed by atoms with Crippen LogP contribution in [-0.4, -0.2) is 18.2 Å². The molecule has 3 nitrogen and oxygen atoms in total. The molecule has 3 heteroatoms. The molecule has 1 aliphatic rings. The number of nitrogens with one attached hydrogen (secondary N) is 1. The van der Waals surface area contributed by atoms with Crippen molar-refractivity contribution in [2.24, 2.45) is 5.73 Å². The summed E-state index contributed by atoms with van der Waals surface area (Å²) in [6.07, 6.45) is 0.988. The van der Waals surface area contributed by atoms with Crippen molar-refractivity contribution >= 4 is 0 Å². The van der Waals surface area contributed by atoms with Crippen LogP contribution in [0.3, 0.4) is 0 Å². The Morgan fingerprint density at radius 1 is 1.10 bits per heavy atom. The standard InChI is InChI=1S/C17H20N2O/c18-12-17(20,14-7-2-1-3-8-14)16-15-9-5-4-6-13(15)10-11-19-16/h1-9,16,19-20H,10-12,18H2. The SMILES string of the molecule is NCC(O)(c1ccccc1)C1NCCc2ccccc21. The zero-order valence-electron chi connectivity index (χ0n) is 11.4. The van der Waals surface area contributed by atoms with Crippen LogP contribution < -0.4 is 11.1 Å². The lowest BCUT2D eigenvalue weighted by Gasteiger charge is -2.40. The normalized spacial score (nSPS) is 21.0. The topological polar surface area (TPSA) is 58.3 Å². The van der Waals surface area contributed by atoms with Gasteiger partial charge in [-0.3, -0.25) is 0 Å². The lowest BCUT2D eigenvalue weighted by molar-refractivity contribution is 0.00187. The summed E-state index contributed by atoms with van der Waals surface area (Å²) >= 11 is 0. The molecule has 0 spiro atoms. The van der Waals surface area contributed by atoms with Crippen molar-refractivity contribution in [3.63, 3.8) is 0 Å². The van der Waals surface area contributed by atoms with Gasteiger partial charge in [-0.05, 0) is 29.7 Å². The molecule has 0 saturated heterocycles. The second-order valence-corrected chi connectivity index (χ2v) is 5.33. The molecule has 2 aromatic rings. The van der Waals surface area contributed by atoms with Crippen LogP contribution in [0, 0.1) is 0 Å². The van der Waals surface area contributed by atoms with Gasteiger partial charge in [-0.1, -0.05) is 54.6 Å². The van der Waals surface area contributed by atoms with E-state index in [-0.39, 0.29) is 12.6 Å². The molecule has 20 heavy (non-hydrogen) atoms. The van der Waals surface area contributed by atoms with Gasteiger partial charge in [0.2, 0.25) is 0 Å². The van der Waals surface area contributed by atoms with Crippen molar-refractivity contribution in [1.29, 1.82) is 0 Å². The van der Waals surface area contributed by atoms with Gasteiger partial charge in [0.05, 0.1) is 6.04 Å². The highest BCUT2D eigenvalue weighted by molar-refractivity contribution is 5.38. The quantitative estimate of drug-likeness (QED) is 0.794. The molecule has 0 saturated carbocycles. The Bertz CT molecular complexity index is 585. The van der Waals surface area contributed by atoms with E-state index in [1.54, 1.807) is 0 Å². The van der Waals surface area contributed by atoms with E-state index in [1.807, 2.05) is 42.5 Å². The summed E-state index contributed by atoms with van der Waals surface area (Å²) in [4.78, 5) is 0. The molecule has 4 N–H and O–H groups in total. The number of hydrogen-bond acceptors (Lipinski definition) is 3. The van der Waals surface area contributed by atoms with Gasteiger partial charge in [-0.2, -0.15) is 0 Å². The number of nitrogens with two attached hydrogens (primary N) is 1. The molecular weight excluding hydrogens is 248 g/mol. The van der Waals surface area contributed by atoms with E-state index in [0.717, 1.165) is 24.1 Å². The molecule has 0 aromatic heterocycles. The molecule has 2 unspecified atom stereocenters. The Morgan fingerprint density at radius 2 is 1.80 bits per heavy atom. The van der Waals surface area contributed by atoms with E-state index in [4.69, 9.17) is 5.73 Å². The highest BCUT2D eigenvalue weighted by atomic mass is 16.3. The van der Waals surface area contributed by atoms with E-state index < -0.39 is 5.60 Å². The molecule has 1 aliphatic heterocycles. The fourth-order valence-corrected chi connectivity index (χ4v) is 3.06. The van der Waals surface area contributed by atoms with Crippen LogP contribution >= 0.6 is 0 Å². The van der Waals surface area contributed by atoms with Crippen molar-refractivity contribution in [1.82, 2.24) is 5.32 Å². The molecular formula is C17H20N2O. The average Bonchev–Trinajstić information content (AvgIpc) is 2.54. The average molecular weight is 268 g/mol. The molecule has 0 amide bonds. The predicted molar refractivity (Wildman–Crippen MR) is 80.3 cm³/mol. The number of aliphatic hydroxyl groups is 1. The van der Waals surface area contributed by atoms with Gasteiger partial charge < -0.3 is 16.2 Å². The van der Waals surface area contributed by atoms with E-state index in [9.17, 15) is 5.11 Å². The molecule has 2 aromatic carbocycles.